The Hall–Kier alpha value is -2.85. The number of allylic oxidation sites excluding steroid dienone is 1. The van der Waals surface area contributed by atoms with Gasteiger partial charge in [-0.15, -0.1) is 0 Å². The van der Waals surface area contributed by atoms with Crippen LogP contribution in [0.25, 0.3) is 5.57 Å². The summed E-state index contributed by atoms with van der Waals surface area (Å²) in [5.41, 5.74) is -0.169. The van der Waals surface area contributed by atoms with E-state index in [2.05, 4.69) is 9.32 Å². The highest BCUT2D eigenvalue weighted by atomic mass is 32.2. The maximum absolute atomic E-state index is 13.6. The lowest BCUT2D eigenvalue weighted by molar-refractivity contribution is -0.186. The third-order valence-corrected chi connectivity index (χ3v) is 4.36. The van der Waals surface area contributed by atoms with Crippen LogP contribution in [-0.4, -0.2) is 26.7 Å². The Morgan fingerprint density at radius 2 is 1.68 bits per heavy atom. The summed E-state index contributed by atoms with van der Waals surface area (Å²) in [6.07, 6.45) is -7.78. The summed E-state index contributed by atoms with van der Waals surface area (Å²) in [5.74, 6) is -1.81. The van der Waals surface area contributed by atoms with E-state index in [1.807, 2.05) is 0 Å². The smallest absolute Gasteiger partial charge is 0.430 e. The van der Waals surface area contributed by atoms with Crippen molar-refractivity contribution in [1.82, 2.24) is 0 Å². The molecule has 0 aromatic heterocycles. The Morgan fingerprint density at radius 1 is 1.07 bits per heavy atom. The molecule has 0 radical (unpaired) electrons. The van der Waals surface area contributed by atoms with Crippen LogP contribution in [-0.2, 0) is 25.7 Å². The first-order valence-corrected chi connectivity index (χ1v) is 9.39. The molecule has 148 valence electrons. The van der Waals surface area contributed by atoms with Crippen LogP contribution in [0.5, 0.6) is 5.75 Å². The molecule has 2 N–H and O–H groups in total. The zero-order valence-corrected chi connectivity index (χ0v) is 15.0. The number of carbonyl (C=O) groups excluding carboxylic acids is 1. The normalized spacial score (nSPS) is 16.9. The molecule has 0 spiro atoms. The number of alkyl halides is 3. The maximum atomic E-state index is 13.6. The van der Waals surface area contributed by atoms with E-state index in [9.17, 15) is 26.4 Å². The summed E-state index contributed by atoms with van der Waals surface area (Å²) < 4.78 is 72.3. The number of hydrogen-bond acceptors (Lipinski definition) is 5. The predicted molar refractivity (Wildman–Crippen MR) is 93.2 cm³/mol. The lowest BCUT2D eigenvalue weighted by Gasteiger charge is -2.31. The third kappa shape index (κ3) is 4.34. The first-order valence-electron chi connectivity index (χ1n) is 7.92. The van der Waals surface area contributed by atoms with E-state index in [1.165, 1.54) is 18.2 Å². The van der Waals surface area contributed by atoms with Crippen molar-refractivity contribution >= 4 is 21.8 Å². The molecule has 0 fully saturated rings. The number of benzene rings is 2. The Morgan fingerprint density at radius 3 is 2.29 bits per heavy atom. The standard InChI is InChI=1S/C18H14F3NO5S/c19-18(20,21)16-15(17(23)27-28(22,24)25)13(10-11-6-2-1-3-7-11)12-8-4-5-9-14(12)26-16/h1-9,16H,10H2,(H2,22,24,25). The molecule has 2 aromatic carbocycles. The molecule has 1 aliphatic heterocycles. The second-order valence-corrected chi connectivity index (χ2v) is 7.11. The summed E-state index contributed by atoms with van der Waals surface area (Å²) in [6.45, 7) is 0. The van der Waals surface area contributed by atoms with E-state index < -0.39 is 34.1 Å². The molecule has 0 bridgehead atoms. The van der Waals surface area contributed by atoms with Gasteiger partial charge in [-0.25, -0.2) is 4.79 Å². The summed E-state index contributed by atoms with van der Waals surface area (Å²) >= 11 is 0. The molecule has 1 unspecified atom stereocenters. The van der Waals surface area contributed by atoms with E-state index in [0.717, 1.165) is 0 Å². The predicted octanol–water partition coefficient (Wildman–Crippen LogP) is 2.75. The van der Waals surface area contributed by atoms with Gasteiger partial charge in [-0.1, -0.05) is 48.5 Å². The van der Waals surface area contributed by atoms with E-state index in [0.29, 0.717) is 5.56 Å². The van der Waals surface area contributed by atoms with Crippen LogP contribution >= 0.6 is 0 Å². The molecular weight excluding hydrogens is 399 g/mol. The summed E-state index contributed by atoms with van der Waals surface area (Å²) in [4.78, 5) is 12.4. The number of nitrogens with two attached hydrogens (primary N) is 1. The highest BCUT2D eigenvalue weighted by Crippen LogP contribution is 2.43. The summed E-state index contributed by atoms with van der Waals surface area (Å²) in [5, 5.41) is 4.67. The van der Waals surface area contributed by atoms with Crippen molar-refractivity contribution in [2.45, 2.75) is 18.7 Å². The first kappa shape index (κ1) is 19.9. The number of carbonyl (C=O) groups is 1. The molecule has 10 heteroatoms. The number of hydrogen-bond donors (Lipinski definition) is 1. The molecule has 28 heavy (non-hydrogen) atoms. The molecule has 1 aliphatic rings. The Bertz CT molecular complexity index is 1030. The van der Waals surface area contributed by atoms with Crippen LogP contribution in [0.3, 0.4) is 0 Å². The highest BCUT2D eigenvalue weighted by Gasteiger charge is 2.51. The molecule has 0 amide bonds. The van der Waals surface area contributed by atoms with Crippen molar-refractivity contribution in [3.05, 3.63) is 71.3 Å². The average molecular weight is 413 g/mol. The van der Waals surface area contributed by atoms with Crippen LogP contribution < -0.4 is 9.88 Å². The van der Waals surface area contributed by atoms with Gasteiger partial charge in [0, 0.05) is 5.56 Å². The zero-order chi connectivity index (χ0) is 20.5. The van der Waals surface area contributed by atoms with Gasteiger partial charge < -0.3 is 8.92 Å². The van der Waals surface area contributed by atoms with Crippen molar-refractivity contribution < 1.29 is 35.3 Å². The highest BCUT2D eigenvalue weighted by molar-refractivity contribution is 7.84. The van der Waals surface area contributed by atoms with E-state index in [4.69, 9.17) is 4.74 Å². The van der Waals surface area contributed by atoms with Gasteiger partial charge in [0.15, 0.2) is 0 Å². The van der Waals surface area contributed by atoms with Gasteiger partial charge in [0.05, 0.1) is 5.57 Å². The van der Waals surface area contributed by atoms with E-state index >= 15 is 0 Å². The molecule has 3 rings (SSSR count). The largest absolute Gasteiger partial charge is 0.475 e. The minimum Gasteiger partial charge on any atom is -0.475 e. The van der Waals surface area contributed by atoms with Gasteiger partial charge in [0.1, 0.15) is 5.75 Å². The van der Waals surface area contributed by atoms with E-state index in [1.54, 1.807) is 36.4 Å². The molecule has 2 aromatic rings. The fourth-order valence-electron chi connectivity index (χ4n) is 2.91. The van der Waals surface area contributed by atoms with Gasteiger partial charge in [-0.3, -0.25) is 0 Å². The number of para-hydroxylation sites is 1. The molecular formula is C18H14F3NO5S. The summed E-state index contributed by atoms with van der Waals surface area (Å²) in [6, 6.07) is 14.3. The van der Waals surface area contributed by atoms with Gasteiger partial charge in [0.2, 0.25) is 6.10 Å². The quantitative estimate of drug-likeness (QED) is 0.832. The minimum atomic E-state index is -5.00. The van der Waals surface area contributed by atoms with Crippen molar-refractivity contribution in [2.75, 3.05) is 0 Å². The number of ether oxygens (including phenoxy) is 1. The van der Waals surface area contributed by atoms with Gasteiger partial charge in [-0.05, 0) is 23.6 Å². The van der Waals surface area contributed by atoms with Crippen molar-refractivity contribution in [3.63, 3.8) is 0 Å². The van der Waals surface area contributed by atoms with Gasteiger partial charge in [0.25, 0.3) is 0 Å². The molecule has 1 heterocycles. The lowest BCUT2D eigenvalue weighted by atomic mass is 9.88. The maximum Gasteiger partial charge on any atom is 0.430 e. The fraction of sp³-hybridized carbons (Fsp3) is 0.167. The van der Waals surface area contributed by atoms with Crippen LogP contribution in [0.1, 0.15) is 11.1 Å². The van der Waals surface area contributed by atoms with Crippen LogP contribution in [0.15, 0.2) is 60.2 Å². The fourth-order valence-corrected chi connectivity index (χ4v) is 3.21. The van der Waals surface area contributed by atoms with Gasteiger partial charge in [-0.2, -0.15) is 26.7 Å². The monoisotopic (exact) mass is 413 g/mol. The zero-order valence-electron chi connectivity index (χ0n) is 14.1. The molecule has 0 saturated heterocycles. The number of fused-ring (bicyclic) bond motifs is 1. The molecule has 6 nitrogen and oxygen atoms in total. The average Bonchev–Trinajstić information content (AvgIpc) is 2.60. The topological polar surface area (TPSA) is 95.7 Å². The van der Waals surface area contributed by atoms with E-state index in [-0.39, 0.29) is 23.3 Å². The van der Waals surface area contributed by atoms with Gasteiger partial charge >= 0.3 is 22.4 Å². The second kappa shape index (κ2) is 7.28. The van der Waals surface area contributed by atoms with Crippen LogP contribution in [0.2, 0.25) is 0 Å². The van der Waals surface area contributed by atoms with Crippen molar-refractivity contribution in [3.8, 4) is 5.75 Å². The Labute approximate surface area is 158 Å². The Balaban J connectivity index is 2.23. The lowest BCUT2D eigenvalue weighted by Crippen LogP contribution is -2.42. The SMILES string of the molecule is NS(=O)(=O)OC(=O)C1=C(Cc2ccccc2)c2ccccc2OC1C(F)(F)F. The second-order valence-electron chi connectivity index (χ2n) is 5.95. The minimum absolute atomic E-state index is 0.0518. The summed E-state index contributed by atoms with van der Waals surface area (Å²) in [7, 11) is -4.82. The Kier molecular flexibility index (Phi) is 5.18. The molecule has 0 saturated carbocycles. The van der Waals surface area contributed by atoms with Crippen molar-refractivity contribution in [2.24, 2.45) is 5.14 Å². The number of rotatable bonds is 4. The molecule has 0 aliphatic carbocycles. The first-order chi connectivity index (χ1) is 13.1. The van der Waals surface area contributed by atoms with Crippen LogP contribution in [0.4, 0.5) is 13.2 Å². The third-order valence-electron chi connectivity index (χ3n) is 3.98. The number of halogens is 3. The molecule has 1 atom stereocenters. The van der Waals surface area contributed by atoms with Crippen LogP contribution in [0, 0.1) is 0 Å². The van der Waals surface area contributed by atoms with Crippen molar-refractivity contribution in [1.29, 1.82) is 0 Å².